The molecular formula is C22H19NO4. The van der Waals surface area contributed by atoms with Gasteiger partial charge in [-0.1, -0.05) is 24.3 Å². The molecule has 0 bridgehead atoms. The van der Waals surface area contributed by atoms with Crippen molar-refractivity contribution in [2.75, 3.05) is 14.2 Å². The summed E-state index contributed by atoms with van der Waals surface area (Å²) in [5, 5.41) is 0. The molecule has 2 aromatic carbocycles. The van der Waals surface area contributed by atoms with Crippen molar-refractivity contribution in [3.05, 3.63) is 83.7 Å². The summed E-state index contributed by atoms with van der Waals surface area (Å²) in [5.74, 6) is 1.03. The highest BCUT2D eigenvalue weighted by Gasteiger charge is 2.12. The van der Waals surface area contributed by atoms with Crippen molar-refractivity contribution in [2.45, 2.75) is 0 Å². The molecule has 0 amide bonds. The average Bonchev–Trinajstić information content (AvgIpc) is 2.73. The summed E-state index contributed by atoms with van der Waals surface area (Å²) in [6.45, 7) is 0. The van der Waals surface area contributed by atoms with E-state index in [9.17, 15) is 4.79 Å². The van der Waals surface area contributed by atoms with Crippen LogP contribution in [0.5, 0.6) is 17.2 Å². The summed E-state index contributed by atoms with van der Waals surface area (Å²) in [4.78, 5) is 16.6. The van der Waals surface area contributed by atoms with Gasteiger partial charge in [0, 0.05) is 6.20 Å². The van der Waals surface area contributed by atoms with Crippen LogP contribution in [-0.2, 0) is 0 Å². The van der Waals surface area contributed by atoms with Gasteiger partial charge in [-0.25, -0.2) is 4.79 Å². The molecule has 5 heteroatoms. The molecule has 0 unspecified atom stereocenters. The minimum absolute atomic E-state index is 0.381. The molecule has 0 aliphatic heterocycles. The van der Waals surface area contributed by atoms with Gasteiger partial charge in [-0.3, -0.25) is 4.98 Å². The maximum absolute atomic E-state index is 12.3. The van der Waals surface area contributed by atoms with Crippen LogP contribution in [0.3, 0.4) is 0 Å². The fourth-order valence-electron chi connectivity index (χ4n) is 2.43. The Labute approximate surface area is 157 Å². The van der Waals surface area contributed by atoms with Gasteiger partial charge in [0.15, 0.2) is 11.5 Å². The summed E-state index contributed by atoms with van der Waals surface area (Å²) in [6, 6.07) is 17.9. The summed E-state index contributed by atoms with van der Waals surface area (Å²) >= 11 is 0. The van der Waals surface area contributed by atoms with Crippen molar-refractivity contribution in [3.63, 3.8) is 0 Å². The first-order valence-electron chi connectivity index (χ1n) is 8.33. The fourth-order valence-corrected chi connectivity index (χ4v) is 2.43. The SMILES string of the molecule is COc1ccc(C(=O)Oc2ccc(/C=C/c3ccccn3)cc2)cc1OC. The standard InChI is InChI=1S/C22H19NO4/c1-25-20-13-9-17(15-21(20)26-2)22(24)27-19-11-7-16(8-12-19)6-10-18-5-3-4-14-23-18/h3-15H,1-2H3/b10-6+. The molecule has 0 aliphatic carbocycles. The van der Waals surface area contributed by atoms with Crippen molar-refractivity contribution in [1.82, 2.24) is 4.98 Å². The second kappa shape index (κ2) is 8.67. The summed E-state index contributed by atoms with van der Waals surface area (Å²) in [6.07, 6.45) is 5.61. The lowest BCUT2D eigenvalue weighted by molar-refractivity contribution is 0.0734. The Balaban J connectivity index is 1.67. The van der Waals surface area contributed by atoms with Gasteiger partial charge in [-0.2, -0.15) is 0 Å². The molecule has 0 spiro atoms. The quantitative estimate of drug-likeness (QED) is 0.478. The molecule has 27 heavy (non-hydrogen) atoms. The fraction of sp³-hybridized carbons (Fsp3) is 0.0909. The van der Waals surface area contributed by atoms with Crippen LogP contribution in [0.2, 0.25) is 0 Å². The van der Waals surface area contributed by atoms with E-state index in [4.69, 9.17) is 14.2 Å². The van der Waals surface area contributed by atoms with Crippen LogP contribution in [0, 0.1) is 0 Å². The summed E-state index contributed by atoms with van der Waals surface area (Å²) < 4.78 is 15.8. The zero-order valence-corrected chi connectivity index (χ0v) is 15.1. The van der Waals surface area contributed by atoms with Crippen LogP contribution >= 0.6 is 0 Å². The van der Waals surface area contributed by atoms with Crippen LogP contribution in [0.15, 0.2) is 66.9 Å². The monoisotopic (exact) mass is 361 g/mol. The molecule has 0 saturated heterocycles. The first kappa shape index (κ1) is 18.2. The molecule has 0 fully saturated rings. The van der Waals surface area contributed by atoms with E-state index in [2.05, 4.69) is 4.98 Å². The average molecular weight is 361 g/mol. The van der Waals surface area contributed by atoms with Gasteiger partial charge >= 0.3 is 5.97 Å². The van der Waals surface area contributed by atoms with Crippen LogP contribution < -0.4 is 14.2 Å². The molecule has 1 heterocycles. The smallest absolute Gasteiger partial charge is 0.343 e. The zero-order valence-electron chi connectivity index (χ0n) is 15.1. The van der Waals surface area contributed by atoms with Gasteiger partial charge in [-0.15, -0.1) is 0 Å². The highest BCUT2D eigenvalue weighted by Crippen LogP contribution is 2.28. The predicted octanol–water partition coefficient (Wildman–Crippen LogP) is 4.49. The normalized spacial score (nSPS) is 10.6. The minimum atomic E-state index is -0.465. The Morgan fingerprint density at radius 1 is 0.889 bits per heavy atom. The molecule has 0 aliphatic rings. The van der Waals surface area contributed by atoms with Gasteiger partial charge in [0.25, 0.3) is 0 Å². The molecule has 0 radical (unpaired) electrons. The molecule has 0 saturated carbocycles. The number of rotatable bonds is 6. The number of carbonyl (C=O) groups excluding carboxylic acids is 1. The molecule has 1 aromatic heterocycles. The summed E-state index contributed by atoms with van der Waals surface area (Å²) in [5.41, 5.74) is 2.24. The van der Waals surface area contributed by atoms with Crippen LogP contribution in [-0.4, -0.2) is 25.2 Å². The van der Waals surface area contributed by atoms with Crippen molar-refractivity contribution in [2.24, 2.45) is 0 Å². The zero-order chi connectivity index (χ0) is 19.1. The van der Waals surface area contributed by atoms with E-state index < -0.39 is 5.97 Å². The van der Waals surface area contributed by atoms with Crippen LogP contribution in [0.4, 0.5) is 0 Å². The number of carbonyl (C=O) groups is 1. The largest absolute Gasteiger partial charge is 0.493 e. The van der Waals surface area contributed by atoms with Gasteiger partial charge < -0.3 is 14.2 Å². The Morgan fingerprint density at radius 2 is 1.67 bits per heavy atom. The lowest BCUT2D eigenvalue weighted by Crippen LogP contribution is -2.08. The summed E-state index contributed by atoms with van der Waals surface area (Å²) in [7, 11) is 3.06. The van der Waals surface area contributed by atoms with E-state index in [0.29, 0.717) is 22.8 Å². The van der Waals surface area contributed by atoms with Crippen LogP contribution in [0.25, 0.3) is 12.2 Å². The highest BCUT2D eigenvalue weighted by atomic mass is 16.5. The first-order chi connectivity index (χ1) is 13.2. The number of methoxy groups -OCH3 is 2. The lowest BCUT2D eigenvalue weighted by Gasteiger charge is -2.09. The number of aromatic nitrogens is 1. The number of esters is 1. The maximum atomic E-state index is 12.3. The first-order valence-corrected chi connectivity index (χ1v) is 8.33. The number of hydrogen-bond acceptors (Lipinski definition) is 5. The van der Waals surface area contributed by atoms with Crippen molar-refractivity contribution in [1.29, 1.82) is 0 Å². The molecular weight excluding hydrogens is 342 g/mol. The maximum Gasteiger partial charge on any atom is 0.343 e. The van der Waals surface area contributed by atoms with Gasteiger partial charge in [-0.05, 0) is 54.1 Å². The Hall–Kier alpha value is -3.60. The molecule has 3 aromatic rings. The van der Waals surface area contributed by atoms with E-state index in [-0.39, 0.29) is 0 Å². The molecule has 0 atom stereocenters. The Morgan fingerprint density at radius 3 is 2.33 bits per heavy atom. The third-order valence-electron chi connectivity index (χ3n) is 3.84. The molecule has 5 nitrogen and oxygen atoms in total. The van der Waals surface area contributed by atoms with E-state index in [1.807, 2.05) is 42.5 Å². The third kappa shape index (κ3) is 4.73. The van der Waals surface area contributed by atoms with E-state index >= 15 is 0 Å². The van der Waals surface area contributed by atoms with E-state index in [0.717, 1.165) is 11.3 Å². The second-order valence-corrected chi connectivity index (χ2v) is 5.62. The van der Waals surface area contributed by atoms with Gasteiger partial charge in [0.05, 0.1) is 25.5 Å². The number of benzene rings is 2. The van der Waals surface area contributed by atoms with Gasteiger partial charge in [0.1, 0.15) is 5.75 Å². The lowest BCUT2D eigenvalue weighted by atomic mass is 10.2. The topological polar surface area (TPSA) is 57.7 Å². The van der Waals surface area contributed by atoms with Crippen LogP contribution in [0.1, 0.15) is 21.6 Å². The van der Waals surface area contributed by atoms with E-state index in [1.54, 1.807) is 43.6 Å². The molecule has 3 rings (SSSR count). The highest BCUT2D eigenvalue weighted by molar-refractivity contribution is 5.91. The number of ether oxygens (including phenoxy) is 3. The number of hydrogen-bond donors (Lipinski definition) is 0. The second-order valence-electron chi connectivity index (χ2n) is 5.62. The van der Waals surface area contributed by atoms with Crippen molar-refractivity contribution in [3.8, 4) is 17.2 Å². The van der Waals surface area contributed by atoms with Crippen molar-refractivity contribution >= 4 is 18.1 Å². The third-order valence-corrected chi connectivity index (χ3v) is 3.84. The van der Waals surface area contributed by atoms with E-state index in [1.165, 1.54) is 7.11 Å². The van der Waals surface area contributed by atoms with Crippen molar-refractivity contribution < 1.29 is 19.0 Å². The molecule has 136 valence electrons. The molecule has 0 N–H and O–H groups in total. The predicted molar refractivity (Wildman–Crippen MR) is 104 cm³/mol. The minimum Gasteiger partial charge on any atom is -0.493 e. The Kier molecular flexibility index (Phi) is 5.84. The van der Waals surface area contributed by atoms with Gasteiger partial charge in [0.2, 0.25) is 0 Å². The Bertz CT molecular complexity index is 934. The number of pyridine rings is 1. The number of nitrogens with zero attached hydrogens (tertiary/aromatic N) is 1.